The fourth-order valence-corrected chi connectivity index (χ4v) is 5.65. The van der Waals surface area contributed by atoms with Crippen LogP contribution in [0.5, 0.6) is 11.5 Å². The molecule has 0 heterocycles. The van der Waals surface area contributed by atoms with E-state index in [0.717, 1.165) is 11.1 Å². The number of rotatable bonds is 9. The molecule has 0 aromatic heterocycles. The van der Waals surface area contributed by atoms with Gasteiger partial charge in [-0.15, -0.1) is 0 Å². The highest BCUT2D eigenvalue weighted by atomic mass is 32.2. The summed E-state index contributed by atoms with van der Waals surface area (Å²) in [6.07, 6.45) is 0.169. The standard InChI is InChI=1S/C26H30N2O5S/c1-17-13-18(2)25(19(3)14-17)34(30,31)28-23(15-20-9-7-6-8-10-20)26(29)27-22-16-21(32-4)11-12-24(22)33-5/h6-14,16,23,28H,15H2,1-5H3,(H,27,29)/t23-/m0/s1. The van der Waals surface area contributed by atoms with E-state index >= 15 is 0 Å². The molecule has 0 unspecified atom stereocenters. The number of nitrogens with one attached hydrogen (secondary N) is 2. The van der Waals surface area contributed by atoms with Crippen molar-refractivity contribution in [3.63, 3.8) is 0 Å². The number of ether oxygens (including phenoxy) is 2. The molecule has 3 aromatic rings. The van der Waals surface area contributed by atoms with E-state index in [0.29, 0.717) is 28.3 Å². The number of benzene rings is 3. The Balaban J connectivity index is 1.97. The third kappa shape index (κ3) is 5.95. The lowest BCUT2D eigenvalue weighted by molar-refractivity contribution is -0.117. The lowest BCUT2D eigenvalue weighted by Crippen LogP contribution is -2.45. The second-order valence-corrected chi connectivity index (χ2v) is 9.80. The Morgan fingerprint density at radius 3 is 2.15 bits per heavy atom. The molecule has 0 saturated heterocycles. The quantitative estimate of drug-likeness (QED) is 0.478. The highest BCUT2D eigenvalue weighted by Gasteiger charge is 2.29. The summed E-state index contributed by atoms with van der Waals surface area (Å²) in [4.78, 5) is 13.6. The number of hydrogen-bond acceptors (Lipinski definition) is 5. The second kappa shape index (κ2) is 10.7. The van der Waals surface area contributed by atoms with Crippen molar-refractivity contribution < 1.29 is 22.7 Å². The first kappa shape index (κ1) is 25.3. The molecule has 3 aromatic carbocycles. The molecule has 0 saturated carbocycles. The molecule has 8 heteroatoms. The molecule has 0 bridgehead atoms. The van der Waals surface area contributed by atoms with Gasteiger partial charge in [-0.3, -0.25) is 4.79 Å². The van der Waals surface area contributed by atoms with E-state index in [1.807, 2.05) is 49.4 Å². The molecule has 1 atom stereocenters. The Hall–Kier alpha value is -3.36. The van der Waals surface area contributed by atoms with Crippen molar-refractivity contribution in [2.45, 2.75) is 38.1 Å². The maximum Gasteiger partial charge on any atom is 0.243 e. The first-order valence-electron chi connectivity index (χ1n) is 10.8. The molecule has 0 spiro atoms. The molecule has 34 heavy (non-hydrogen) atoms. The first-order chi connectivity index (χ1) is 16.1. The molecule has 3 rings (SSSR count). The Morgan fingerprint density at radius 1 is 0.912 bits per heavy atom. The molecule has 7 nitrogen and oxygen atoms in total. The van der Waals surface area contributed by atoms with Gasteiger partial charge in [-0.05, 0) is 56.0 Å². The SMILES string of the molecule is COc1ccc(OC)c(NC(=O)[C@H](Cc2ccccc2)NS(=O)(=O)c2c(C)cc(C)cc2C)c1. The summed E-state index contributed by atoms with van der Waals surface area (Å²) >= 11 is 0. The molecule has 0 aliphatic rings. The predicted molar refractivity (Wildman–Crippen MR) is 133 cm³/mol. The van der Waals surface area contributed by atoms with Crippen molar-refractivity contribution in [2.24, 2.45) is 0 Å². The summed E-state index contributed by atoms with van der Waals surface area (Å²) in [5.74, 6) is 0.448. The number of hydrogen-bond donors (Lipinski definition) is 2. The fourth-order valence-electron chi connectivity index (χ4n) is 4.01. The van der Waals surface area contributed by atoms with E-state index in [1.165, 1.54) is 14.2 Å². The van der Waals surface area contributed by atoms with Crippen molar-refractivity contribution >= 4 is 21.6 Å². The third-order valence-corrected chi connectivity index (χ3v) is 7.21. The monoisotopic (exact) mass is 482 g/mol. The molecule has 0 radical (unpaired) electrons. The van der Waals surface area contributed by atoms with E-state index in [1.54, 1.807) is 32.0 Å². The highest BCUT2D eigenvalue weighted by Crippen LogP contribution is 2.29. The average Bonchev–Trinajstić information content (AvgIpc) is 2.78. The van der Waals surface area contributed by atoms with Gasteiger partial charge in [-0.2, -0.15) is 4.72 Å². The molecule has 1 amide bonds. The minimum Gasteiger partial charge on any atom is -0.497 e. The van der Waals surface area contributed by atoms with Crippen LogP contribution in [-0.4, -0.2) is 34.6 Å². The Labute approximate surface area is 201 Å². The van der Waals surface area contributed by atoms with Crippen LogP contribution in [0.4, 0.5) is 5.69 Å². The minimum atomic E-state index is -3.99. The Morgan fingerprint density at radius 2 is 1.56 bits per heavy atom. The van der Waals surface area contributed by atoms with Gasteiger partial charge in [0.05, 0.1) is 24.8 Å². The predicted octanol–water partition coefficient (Wildman–Crippen LogP) is 4.16. The van der Waals surface area contributed by atoms with Crippen LogP contribution in [-0.2, 0) is 21.2 Å². The zero-order chi connectivity index (χ0) is 24.9. The maximum atomic E-state index is 13.4. The molecule has 0 fully saturated rings. The minimum absolute atomic E-state index is 0.169. The van der Waals surface area contributed by atoms with E-state index in [-0.39, 0.29) is 11.3 Å². The number of anilines is 1. The van der Waals surface area contributed by atoms with Crippen molar-refractivity contribution in [2.75, 3.05) is 19.5 Å². The summed E-state index contributed by atoms with van der Waals surface area (Å²) in [5.41, 5.74) is 3.42. The molecular formula is C26H30N2O5S. The third-order valence-electron chi connectivity index (χ3n) is 5.43. The van der Waals surface area contributed by atoms with Crippen LogP contribution in [0.15, 0.2) is 65.6 Å². The number of carbonyl (C=O) groups is 1. The van der Waals surface area contributed by atoms with Crippen LogP contribution in [0.2, 0.25) is 0 Å². The lowest BCUT2D eigenvalue weighted by Gasteiger charge is -2.21. The summed E-state index contributed by atoms with van der Waals surface area (Å²) in [5, 5.41) is 2.80. The van der Waals surface area contributed by atoms with Gasteiger partial charge in [-0.25, -0.2) is 8.42 Å². The number of aryl methyl sites for hydroxylation is 3. The van der Waals surface area contributed by atoms with Crippen molar-refractivity contribution in [3.05, 3.63) is 82.9 Å². The Kier molecular flexibility index (Phi) is 7.96. The molecule has 2 N–H and O–H groups in total. The van der Waals surface area contributed by atoms with Crippen LogP contribution in [0, 0.1) is 20.8 Å². The van der Waals surface area contributed by atoms with E-state index < -0.39 is 22.0 Å². The lowest BCUT2D eigenvalue weighted by atomic mass is 10.1. The van der Waals surface area contributed by atoms with Crippen LogP contribution in [0.1, 0.15) is 22.3 Å². The van der Waals surface area contributed by atoms with Gasteiger partial charge in [-0.1, -0.05) is 48.0 Å². The van der Waals surface area contributed by atoms with Gasteiger partial charge < -0.3 is 14.8 Å². The van der Waals surface area contributed by atoms with E-state index in [4.69, 9.17) is 9.47 Å². The van der Waals surface area contributed by atoms with Crippen LogP contribution >= 0.6 is 0 Å². The van der Waals surface area contributed by atoms with E-state index in [2.05, 4.69) is 10.0 Å². The second-order valence-electron chi connectivity index (χ2n) is 8.15. The van der Waals surface area contributed by atoms with Gasteiger partial charge in [0.2, 0.25) is 15.9 Å². The van der Waals surface area contributed by atoms with E-state index in [9.17, 15) is 13.2 Å². The van der Waals surface area contributed by atoms with Crippen molar-refractivity contribution in [1.82, 2.24) is 4.72 Å². The highest BCUT2D eigenvalue weighted by molar-refractivity contribution is 7.89. The number of sulfonamides is 1. The number of amides is 1. The maximum absolute atomic E-state index is 13.4. The van der Waals surface area contributed by atoms with Gasteiger partial charge in [0.1, 0.15) is 17.5 Å². The van der Waals surface area contributed by atoms with Gasteiger partial charge in [0.15, 0.2) is 0 Å². The average molecular weight is 483 g/mol. The van der Waals surface area contributed by atoms with Crippen molar-refractivity contribution in [1.29, 1.82) is 0 Å². The summed E-state index contributed by atoms with van der Waals surface area (Å²) in [6.45, 7) is 5.42. The van der Waals surface area contributed by atoms with Gasteiger partial charge >= 0.3 is 0 Å². The normalized spacial score (nSPS) is 12.1. The van der Waals surface area contributed by atoms with Crippen LogP contribution < -0.4 is 19.5 Å². The summed E-state index contributed by atoms with van der Waals surface area (Å²) in [6, 6.07) is 16.8. The molecule has 0 aliphatic carbocycles. The summed E-state index contributed by atoms with van der Waals surface area (Å²) in [7, 11) is -0.980. The molecule has 180 valence electrons. The van der Waals surface area contributed by atoms with Gasteiger partial charge in [0.25, 0.3) is 0 Å². The largest absolute Gasteiger partial charge is 0.497 e. The topological polar surface area (TPSA) is 93.7 Å². The van der Waals surface area contributed by atoms with Crippen LogP contribution in [0.25, 0.3) is 0 Å². The summed E-state index contributed by atoms with van der Waals surface area (Å²) < 4.78 is 40.1. The molecular weight excluding hydrogens is 452 g/mol. The van der Waals surface area contributed by atoms with Crippen LogP contribution in [0.3, 0.4) is 0 Å². The zero-order valence-electron chi connectivity index (χ0n) is 20.0. The smallest absolute Gasteiger partial charge is 0.243 e. The van der Waals surface area contributed by atoms with Gasteiger partial charge in [0, 0.05) is 6.07 Å². The first-order valence-corrected chi connectivity index (χ1v) is 12.3. The van der Waals surface area contributed by atoms with Crippen molar-refractivity contribution in [3.8, 4) is 11.5 Å². The number of carbonyl (C=O) groups excluding carboxylic acids is 1. The Bertz CT molecular complexity index is 1250. The molecule has 0 aliphatic heterocycles. The number of methoxy groups -OCH3 is 2. The zero-order valence-corrected chi connectivity index (χ0v) is 20.8. The fraction of sp³-hybridized carbons (Fsp3) is 0.269.